The van der Waals surface area contributed by atoms with Crippen molar-refractivity contribution in [2.75, 3.05) is 18.4 Å². The molecular formula is C26H28N6O3S. The maximum Gasteiger partial charge on any atom is 0.276 e. The van der Waals surface area contributed by atoms with Gasteiger partial charge in [0.2, 0.25) is 0 Å². The summed E-state index contributed by atoms with van der Waals surface area (Å²) in [6.07, 6.45) is 7.55. The molecule has 0 atom stereocenters. The van der Waals surface area contributed by atoms with Crippen molar-refractivity contribution in [1.82, 2.24) is 25.1 Å². The Morgan fingerprint density at radius 3 is 2.58 bits per heavy atom. The number of pyridine rings is 2. The summed E-state index contributed by atoms with van der Waals surface area (Å²) in [5.41, 5.74) is 4.45. The van der Waals surface area contributed by atoms with Gasteiger partial charge in [-0.1, -0.05) is 6.07 Å². The Kier molecular flexibility index (Phi) is 6.55. The molecule has 4 heterocycles. The first-order chi connectivity index (χ1) is 17.3. The Labute approximate surface area is 209 Å². The monoisotopic (exact) mass is 504 g/mol. The lowest BCUT2D eigenvalue weighted by Gasteiger charge is -2.14. The Bertz CT molecular complexity index is 1510. The summed E-state index contributed by atoms with van der Waals surface area (Å²) < 4.78 is 24.6. The highest BCUT2D eigenvalue weighted by Gasteiger charge is 2.21. The van der Waals surface area contributed by atoms with Gasteiger partial charge in [0.15, 0.2) is 20.6 Å². The van der Waals surface area contributed by atoms with E-state index in [1.807, 2.05) is 30.6 Å². The van der Waals surface area contributed by atoms with Crippen LogP contribution in [0.15, 0.2) is 60.0 Å². The summed E-state index contributed by atoms with van der Waals surface area (Å²) in [7, 11) is -3.48. The van der Waals surface area contributed by atoms with E-state index in [4.69, 9.17) is 0 Å². The lowest BCUT2D eigenvalue weighted by molar-refractivity contribution is 0.102. The van der Waals surface area contributed by atoms with Gasteiger partial charge in [0, 0.05) is 29.9 Å². The van der Waals surface area contributed by atoms with Crippen molar-refractivity contribution < 1.29 is 13.2 Å². The molecule has 1 aliphatic heterocycles. The van der Waals surface area contributed by atoms with Gasteiger partial charge in [0.1, 0.15) is 0 Å². The van der Waals surface area contributed by atoms with Crippen LogP contribution in [-0.4, -0.2) is 57.7 Å². The van der Waals surface area contributed by atoms with E-state index in [1.165, 1.54) is 31.2 Å². The Morgan fingerprint density at radius 1 is 1.06 bits per heavy atom. The van der Waals surface area contributed by atoms with Crippen LogP contribution in [0.3, 0.4) is 0 Å². The average Bonchev–Trinajstić information content (AvgIpc) is 3.54. The summed E-state index contributed by atoms with van der Waals surface area (Å²) in [6, 6.07) is 10.9. The average molecular weight is 505 g/mol. The van der Waals surface area contributed by atoms with Gasteiger partial charge in [0.05, 0.1) is 22.7 Å². The minimum absolute atomic E-state index is 0.0223. The standard InChI is InChI=1S/C26H28N6O3S/c1-17(2)36(34,35)24-8-6-21(15-28-24)29-26(33)25-22-12-19(5-7-23(22)30-31-25)20-11-18(13-27-14-20)16-32-9-3-4-10-32/h5-8,11-15,17H,3-4,9-10,16H2,1-2H3,(H,29,33)(H,30,31). The van der Waals surface area contributed by atoms with Crippen molar-refractivity contribution in [3.05, 3.63) is 66.2 Å². The van der Waals surface area contributed by atoms with Crippen LogP contribution < -0.4 is 5.32 Å². The van der Waals surface area contributed by atoms with Crippen molar-refractivity contribution in [2.45, 2.75) is 43.5 Å². The normalized spacial score (nSPS) is 14.5. The van der Waals surface area contributed by atoms with Gasteiger partial charge in [-0.2, -0.15) is 5.10 Å². The smallest absolute Gasteiger partial charge is 0.276 e. The number of likely N-dealkylation sites (tertiary alicyclic amines) is 1. The fraction of sp³-hybridized carbons (Fsp3) is 0.308. The summed E-state index contributed by atoms with van der Waals surface area (Å²) >= 11 is 0. The molecule has 4 aromatic rings. The molecule has 10 heteroatoms. The van der Waals surface area contributed by atoms with Crippen LogP contribution in [0.4, 0.5) is 5.69 Å². The third-order valence-corrected chi connectivity index (χ3v) is 8.48. The van der Waals surface area contributed by atoms with E-state index >= 15 is 0 Å². The zero-order valence-corrected chi connectivity index (χ0v) is 21.0. The molecule has 1 aliphatic rings. The van der Waals surface area contributed by atoms with Crippen LogP contribution >= 0.6 is 0 Å². The Balaban J connectivity index is 1.37. The molecule has 0 aliphatic carbocycles. The minimum atomic E-state index is -3.48. The molecule has 1 saturated heterocycles. The summed E-state index contributed by atoms with van der Waals surface area (Å²) in [4.78, 5) is 23.9. The number of hydrogen-bond donors (Lipinski definition) is 2. The molecule has 0 radical (unpaired) electrons. The SMILES string of the molecule is CC(C)S(=O)(=O)c1ccc(NC(=O)c2n[nH]c3ccc(-c4cncc(CN5CCCC5)c4)cc23)cn1. The van der Waals surface area contributed by atoms with Gasteiger partial charge in [-0.15, -0.1) is 0 Å². The number of sulfone groups is 1. The molecule has 3 aromatic heterocycles. The van der Waals surface area contributed by atoms with Gasteiger partial charge < -0.3 is 5.32 Å². The molecule has 0 bridgehead atoms. The van der Waals surface area contributed by atoms with Gasteiger partial charge in [-0.3, -0.25) is 19.8 Å². The number of nitrogens with zero attached hydrogens (tertiary/aromatic N) is 4. The fourth-order valence-corrected chi connectivity index (χ4v) is 5.29. The number of hydrogen-bond acceptors (Lipinski definition) is 7. The van der Waals surface area contributed by atoms with E-state index in [2.05, 4.69) is 36.4 Å². The van der Waals surface area contributed by atoms with Crippen LogP contribution in [0.1, 0.15) is 42.7 Å². The second-order valence-electron chi connectivity index (χ2n) is 9.33. The number of rotatable bonds is 7. The third kappa shape index (κ3) is 4.87. The fourth-order valence-electron chi connectivity index (χ4n) is 4.35. The van der Waals surface area contributed by atoms with Crippen LogP contribution in [0, 0.1) is 0 Å². The van der Waals surface area contributed by atoms with Gasteiger partial charge in [-0.05, 0) is 81.2 Å². The molecule has 186 valence electrons. The summed E-state index contributed by atoms with van der Waals surface area (Å²) in [5, 5.41) is 9.96. The first-order valence-corrected chi connectivity index (χ1v) is 13.5. The van der Waals surface area contributed by atoms with E-state index < -0.39 is 21.0 Å². The molecule has 1 aromatic carbocycles. The first-order valence-electron chi connectivity index (χ1n) is 12.0. The van der Waals surface area contributed by atoms with Gasteiger partial charge >= 0.3 is 0 Å². The van der Waals surface area contributed by atoms with Gasteiger partial charge in [-0.25, -0.2) is 13.4 Å². The van der Waals surface area contributed by atoms with Crippen molar-refractivity contribution >= 4 is 32.3 Å². The van der Waals surface area contributed by atoms with E-state index in [1.54, 1.807) is 13.8 Å². The molecule has 0 unspecified atom stereocenters. The van der Waals surface area contributed by atoms with E-state index in [0.717, 1.165) is 41.8 Å². The highest BCUT2D eigenvalue weighted by Crippen LogP contribution is 2.27. The zero-order valence-electron chi connectivity index (χ0n) is 20.2. The van der Waals surface area contributed by atoms with Crippen LogP contribution in [0.2, 0.25) is 0 Å². The highest BCUT2D eigenvalue weighted by atomic mass is 32.2. The maximum atomic E-state index is 13.0. The van der Waals surface area contributed by atoms with E-state index in [-0.39, 0.29) is 10.7 Å². The second-order valence-corrected chi connectivity index (χ2v) is 11.8. The molecule has 5 rings (SSSR count). The molecule has 0 saturated carbocycles. The molecule has 1 fully saturated rings. The van der Waals surface area contributed by atoms with Crippen molar-refractivity contribution in [1.29, 1.82) is 0 Å². The first kappa shape index (κ1) is 24.1. The number of fused-ring (bicyclic) bond motifs is 1. The number of nitrogens with one attached hydrogen (secondary N) is 2. The number of aromatic amines is 1. The van der Waals surface area contributed by atoms with Crippen molar-refractivity contribution in [3.63, 3.8) is 0 Å². The molecular weight excluding hydrogens is 476 g/mol. The number of benzene rings is 1. The zero-order chi connectivity index (χ0) is 25.3. The minimum Gasteiger partial charge on any atom is -0.319 e. The largest absolute Gasteiger partial charge is 0.319 e. The molecule has 2 N–H and O–H groups in total. The molecule has 36 heavy (non-hydrogen) atoms. The second kappa shape index (κ2) is 9.79. The summed E-state index contributed by atoms with van der Waals surface area (Å²) in [6.45, 7) is 6.33. The topological polar surface area (TPSA) is 121 Å². The molecule has 1 amide bonds. The predicted octanol–water partition coefficient (Wildman–Crippen LogP) is 4.05. The summed E-state index contributed by atoms with van der Waals surface area (Å²) in [5.74, 6) is -0.416. The molecule has 0 spiro atoms. The Hall–Kier alpha value is -3.63. The Morgan fingerprint density at radius 2 is 1.86 bits per heavy atom. The number of H-pyrrole nitrogens is 1. The quantitative estimate of drug-likeness (QED) is 0.389. The predicted molar refractivity (Wildman–Crippen MR) is 138 cm³/mol. The van der Waals surface area contributed by atoms with Crippen LogP contribution in [-0.2, 0) is 16.4 Å². The lowest BCUT2D eigenvalue weighted by atomic mass is 10.0. The van der Waals surface area contributed by atoms with Crippen LogP contribution in [0.5, 0.6) is 0 Å². The van der Waals surface area contributed by atoms with Crippen LogP contribution in [0.25, 0.3) is 22.0 Å². The number of carbonyl (C=O) groups is 1. The number of anilines is 1. The number of carbonyl (C=O) groups excluding carboxylic acids is 1. The molecule has 9 nitrogen and oxygen atoms in total. The van der Waals surface area contributed by atoms with Crippen molar-refractivity contribution in [2.24, 2.45) is 0 Å². The van der Waals surface area contributed by atoms with E-state index in [0.29, 0.717) is 11.1 Å². The highest BCUT2D eigenvalue weighted by molar-refractivity contribution is 7.91. The number of aromatic nitrogens is 4. The maximum absolute atomic E-state index is 13.0. The van der Waals surface area contributed by atoms with Gasteiger partial charge in [0.25, 0.3) is 5.91 Å². The lowest BCUT2D eigenvalue weighted by Crippen LogP contribution is -2.18. The third-order valence-electron chi connectivity index (χ3n) is 6.42. The van der Waals surface area contributed by atoms with Crippen molar-refractivity contribution in [3.8, 4) is 11.1 Å². The number of amides is 1. The van der Waals surface area contributed by atoms with E-state index in [9.17, 15) is 13.2 Å².